The van der Waals surface area contributed by atoms with E-state index in [-0.39, 0.29) is 0 Å². The normalized spacial score (nSPS) is 17.1. The maximum Gasteiger partial charge on any atom is 0.0615 e. The van der Waals surface area contributed by atoms with Crippen LogP contribution in [0, 0.1) is 6.92 Å². The monoisotopic (exact) mass is 367 g/mol. The molecule has 1 heterocycles. The van der Waals surface area contributed by atoms with Gasteiger partial charge in [0.1, 0.15) is 0 Å². The molecule has 1 fully saturated rings. The van der Waals surface area contributed by atoms with E-state index >= 15 is 0 Å². The predicted octanol–water partition coefficient (Wildman–Crippen LogP) is 4.72. The Kier molecular flexibility index (Phi) is 4.46. The molecule has 2 aliphatic rings. The zero-order valence-electron chi connectivity index (χ0n) is 16.3. The van der Waals surface area contributed by atoms with Crippen LogP contribution in [-0.2, 0) is 0 Å². The molecule has 1 saturated heterocycles. The first-order valence-electron chi connectivity index (χ1n) is 10.1. The highest BCUT2D eigenvalue weighted by Crippen LogP contribution is 2.46. The minimum absolute atomic E-state index is 0.371. The van der Waals surface area contributed by atoms with Gasteiger partial charge in [-0.05, 0) is 34.7 Å². The fourth-order valence-corrected chi connectivity index (χ4v) is 4.41. The Morgan fingerprint density at radius 1 is 0.750 bits per heavy atom. The minimum atomic E-state index is 0.371. The molecule has 3 nitrogen and oxygen atoms in total. The first-order chi connectivity index (χ1) is 13.8. The van der Waals surface area contributed by atoms with Crippen LogP contribution in [0.1, 0.15) is 28.3 Å². The smallest absolute Gasteiger partial charge is 0.0615 e. The molecule has 0 saturated carbocycles. The zero-order valence-corrected chi connectivity index (χ0v) is 16.3. The van der Waals surface area contributed by atoms with Crippen LogP contribution in [0.3, 0.4) is 0 Å². The van der Waals surface area contributed by atoms with Gasteiger partial charge in [-0.1, -0.05) is 78.4 Å². The van der Waals surface area contributed by atoms with Crippen molar-refractivity contribution in [3.63, 3.8) is 0 Å². The summed E-state index contributed by atoms with van der Waals surface area (Å²) in [6.45, 7) is 6.09. The van der Waals surface area contributed by atoms with Crippen LogP contribution >= 0.6 is 0 Å². The molecule has 28 heavy (non-hydrogen) atoms. The Balaban J connectivity index is 1.31. The van der Waals surface area contributed by atoms with Crippen LogP contribution in [0.25, 0.3) is 11.1 Å². The van der Waals surface area contributed by atoms with Crippen LogP contribution in [0.2, 0.25) is 0 Å². The average Bonchev–Trinajstić information content (AvgIpc) is 3.08. The van der Waals surface area contributed by atoms with Crippen LogP contribution in [0.15, 0.2) is 77.9 Å². The highest BCUT2D eigenvalue weighted by Gasteiger charge is 2.33. The molecule has 3 heteroatoms. The Morgan fingerprint density at radius 3 is 1.93 bits per heavy atom. The number of benzene rings is 3. The van der Waals surface area contributed by atoms with Crippen molar-refractivity contribution in [2.24, 2.45) is 5.10 Å². The van der Waals surface area contributed by atoms with E-state index < -0.39 is 0 Å². The first-order valence-corrected chi connectivity index (χ1v) is 10.1. The summed E-state index contributed by atoms with van der Waals surface area (Å²) >= 11 is 0. The van der Waals surface area contributed by atoms with Gasteiger partial charge in [0.15, 0.2) is 0 Å². The molecule has 0 aromatic heterocycles. The van der Waals surface area contributed by atoms with Crippen molar-refractivity contribution in [1.82, 2.24) is 9.91 Å². The molecule has 1 aliphatic carbocycles. The van der Waals surface area contributed by atoms with Crippen LogP contribution < -0.4 is 0 Å². The van der Waals surface area contributed by atoms with E-state index in [9.17, 15) is 0 Å². The highest BCUT2D eigenvalue weighted by molar-refractivity contribution is 5.79. The topological polar surface area (TPSA) is 18.8 Å². The molecular formula is C25H25N3. The third-order valence-electron chi connectivity index (χ3n) is 5.90. The minimum Gasteiger partial charge on any atom is -0.294 e. The van der Waals surface area contributed by atoms with E-state index in [1.165, 1.54) is 27.8 Å². The third kappa shape index (κ3) is 3.12. The van der Waals surface area contributed by atoms with Gasteiger partial charge in [0, 0.05) is 26.2 Å². The number of nitrogens with zero attached hydrogens (tertiary/aromatic N) is 3. The lowest BCUT2D eigenvalue weighted by Gasteiger charge is -2.37. The SMILES string of the molecule is Cc1ccc(/C=N\N2CCN(C3c4ccccc4-c4ccccc43)CC2)cc1. The average molecular weight is 367 g/mol. The molecule has 0 amide bonds. The Hall–Kier alpha value is -2.91. The van der Waals surface area contributed by atoms with Gasteiger partial charge in [-0.15, -0.1) is 0 Å². The number of piperazine rings is 1. The lowest BCUT2D eigenvalue weighted by molar-refractivity contribution is 0.114. The summed E-state index contributed by atoms with van der Waals surface area (Å²) in [6.07, 6.45) is 1.98. The number of fused-ring (bicyclic) bond motifs is 3. The second-order valence-electron chi connectivity index (χ2n) is 7.72. The largest absolute Gasteiger partial charge is 0.294 e. The second kappa shape index (κ2) is 7.25. The fourth-order valence-electron chi connectivity index (χ4n) is 4.41. The predicted molar refractivity (Wildman–Crippen MR) is 116 cm³/mol. The van der Waals surface area contributed by atoms with E-state index in [4.69, 9.17) is 5.10 Å². The van der Waals surface area contributed by atoms with Gasteiger partial charge in [0.25, 0.3) is 0 Å². The molecule has 0 spiro atoms. The summed E-state index contributed by atoms with van der Waals surface area (Å²) in [4.78, 5) is 2.61. The van der Waals surface area contributed by atoms with Crippen LogP contribution in [0.4, 0.5) is 0 Å². The van der Waals surface area contributed by atoms with Gasteiger partial charge in [-0.2, -0.15) is 5.10 Å². The summed E-state index contributed by atoms with van der Waals surface area (Å²) in [6, 6.07) is 26.6. The van der Waals surface area contributed by atoms with Gasteiger partial charge in [-0.3, -0.25) is 9.91 Å². The Labute approximate surface area is 166 Å². The van der Waals surface area contributed by atoms with Gasteiger partial charge < -0.3 is 0 Å². The van der Waals surface area contributed by atoms with Crippen molar-refractivity contribution < 1.29 is 0 Å². The molecule has 0 N–H and O–H groups in total. The molecule has 0 atom stereocenters. The molecule has 1 aliphatic heterocycles. The van der Waals surface area contributed by atoms with Crippen molar-refractivity contribution in [2.75, 3.05) is 26.2 Å². The first kappa shape index (κ1) is 17.2. The molecular weight excluding hydrogens is 342 g/mol. The maximum atomic E-state index is 4.71. The van der Waals surface area contributed by atoms with Crippen molar-refractivity contribution in [1.29, 1.82) is 0 Å². The lowest BCUT2D eigenvalue weighted by atomic mass is 10.0. The van der Waals surface area contributed by atoms with Crippen molar-refractivity contribution >= 4 is 6.21 Å². The molecule has 0 unspecified atom stereocenters. The summed E-state index contributed by atoms with van der Waals surface area (Å²) in [5.74, 6) is 0. The van der Waals surface area contributed by atoms with Crippen molar-refractivity contribution in [2.45, 2.75) is 13.0 Å². The number of hydrogen-bond donors (Lipinski definition) is 0. The van der Waals surface area contributed by atoms with E-state index in [0.717, 1.165) is 31.7 Å². The van der Waals surface area contributed by atoms with Gasteiger partial charge in [-0.25, -0.2) is 0 Å². The third-order valence-corrected chi connectivity index (χ3v) is 5.90. The molecule has 140 valence electrons. The number of aryl methyl sites for hydroxylation is 1. The van der Waals surface area contributed by atoms with E-state index in [1.807, 2.05) is 6.21 Å². The molecule has 0 radical (unpaired) electrons. The second-order valence-corrected chi connectivity index (χ2v) is 7.72. The number of hydrogen-bond acceptors (Lipinski definition) is 3. The molecule has 5 rings (SSSR count). The molecule has 0 bridgehead atoms. The summed E-state index contributed by atoms with van der Waals surface area (Å²) in [7, 11) is 0. The standard InChI is InChI=1S/C25H25N3/c1-19-10-12-20(13-11-19)18-26-28-16-14-27(15-17-28)25-23-8-4-2-6-21(23)22-7-3-5-9-24(22)25/h2-13,18,25H,14-17H2,1H3/b26-18-. The van der Waals surface area contributed by atoms with Crippen molar-refractivity contribution in [3.05, 3.63) is 95.1 Å². The number of hydrazone groups is 1. The summed E-state index contributed by atoms with van der Waals surface area (Å²) < 4.78 is 0. The van der Waals surface area contributed by atoms with Gasteiger partial charge in [0.2, 0.25) is 0 Å². The maximum absolute atomic E-state index is 4.71. The molecule has 3 aromatic carbocycles. The Bertz CT molecular complexity index is 953. The number of rotatable bonds is 3. The van der Waals surface area contributed by atoms with Crippen molar-refractivity contribution in [3.8, 4) is 11.1 Å². The highest BCUT2D eigenvalue weighted by atomic mass is 15.5. The lowest BCUT2D eigenvalue weighted by Crippen LogP contribution is -2.45. The van der Waals surface area contributed by atoms with Gasteiger partial charge >= 0.3 is 0 Å². The Morgan fingerprint density at radius 2 is 1.32 bits per heavy atom. The van der Waals surface area contributed by atoms with Gasteiger partial charge in [0.05, 0.1) is 12.3 Å². The quantitative estimate of drug-likeness (QED) is 0.624. The summed E-state index contributed by atoms with van der Waals surface area (Å²) in [5.41, 5.74) is 8.11. The fraction of sp³-hybridized carbons (Fsp3) is 0.240. The van der Waals surface area contributed by atoms with E-state index in [2.05, 4.69) is 89.6 Å². The van der Waals surface area contributed by atoms with Crippen LogP contribution in [-0.4, -0.2) is 42.3 Å². The van der Waals surface area contributed by atoms with E-state index in [0.29, 0.717) is 6.04 Å². The summed E-state index contributed by atoms with van der Waals surface area (Å²) in [5, 5.41) is 6.91. The van der Waals surface area contributed by atoms with E-state index in [1.54, 1.807) is 0 Å². The zero-order chi connectivity index (χ0) is 18.9. The van der Waals surface area contributed by atoms with Crippen LogP contribution in [0.5, 0.6) is 0 Å². The molecule has 3 aromatic rings.